The van der Waals surface area contributed by atoms with Crippen LogP contribution in [0.2, 0.25) is 5.04 Å². The Balaban J connectivity index is 2.10. The van der Waals surface area contributed by atoms with Gasteiger partial charge in [-0.1, -0.05) is 112 Å². The van der Waals surface area contributed by atoms with Gasteiger partial charge in [-0.15, -0.1) is 5.16 Å². The highest BCUT2D eigenvalue weighted by molar-refractivity contribution is 6.99. The van der Waals surface area contributed by atoms with Gasteiger partial charge < -0.3 is 9.26 Å². The fourth-order valence-electron chi connectivity index (χ4n) is 4.07. The van der Waals surface area contributed by atoms with Gasteiger partial charge in [-0.3, -0.25) is 4.79 Å². The first-order valence-corrected chi connectivity index (χ1v) is 13.4. The molecule has 172 valence electrons. The van der Waals surface area contributed by atoms with E-state index in [-0.39, 0.29) is 17.4 Å². The SMILES string of the molecule is CCOC(=O)CC/C(=N/O[Si](c1ccccc1)(c1ccccc1)C(C)(C)C)c1ccccc1. The summed E-state index contributed by atoms with van der Waals surface area (Å²) in [6.07, 6.45) is 0.701. The minimum atomic E-state index is -2.82. The zero-order chi connectivity index (χ0) is 23.7. The molecule has 0 N–H and O–H groups in total. The number of carbonyl (C=O) groups is 1. The molecule has 4 nitrogen and oxygen atoms in total. The van der Waals surface area contributed by atoms with Crippen LogP contribution in [-0.2, 0) is 14.1 Å². The predicted molar refractivity (Wildman–Crippen MR) is 138 cm³/mol. The van der Waals surface area contributed by atoms with Crippen molar-refractivity contribution >= 4 is 30.4 Å². The summed E-state index contributed by atoms with van der Waals surface area (Å²) in [5.41, 5.74) is 1.69. The number of esters is 1. The first-order valence-electron chi connectivity index (χ1n) is 11.5. The van der Waals surface area contributed by atoms with Crippen LogP contribution in [0.1, 0.15) is 46.1 Å². The van der Waals surface area contributed by atoms with Crippen LogP contribution in [0.3, 0.4) is 0 Å². The third-order valence-corrected chi connectivity index (χ3v) is 10.5. The maximum Gasteiger partial charge on any atom is 0.354 e. The van der Waals surface area contributed by atoms with Gasteiger partial charge in [0.1, 0.15) is 0 Å². The molecule has 0 saturated carbocycles. The van der Waals surface area contributed by atoms with E-state index in [9.17, 15) is 4.79 Å². The summed E-state index contributed by atoms with van der Waals surface area (Å²) in [6.45, 7) is 8.84. The number of ether oxygens (including phenoxy) is 1. The predicted octanol–water partition coefficient (Wildman–Crippen LogP) is 5.31. The zero-order valence-electron chi connectivity index (χ0n) is 20.0. The Morgan fingerprint density at radius 2 is 1.27 bits per heavy atom. The van der Waals surface area contributed by atoms with E-state index in [0.717, 1.165) is 21.6 Å². The van der Waals surface area contributed by atoms with Crippen LogP contribution in [-0.4, -0.2) is 26.6 Å². The monoisotopic (exact) mass is 459 g/mol. The minimum Gasteiger partial charge on any atom is -0.466 e. The smallest absolute Gasteiger partial charge is 0.354 e. The van der Waals surface area contributed by atoms with E-state index in [4.69, 9.17) is 14.4 Å². The van der Waals surface area contributed by atoms with Gasteiger partial charge in [-0.25, -0.2) is 0 Å². The molecule has 0 unspecified atom stereocenters. The lowest BCUT2D eigenvalue weighted by Gasteiger charge is -2.40. The highest BCUT2D eigenvalue weighted by Gasteiger charge is 2.53. The second kappa shape index (κ2) is 11.1. The van der Waals surface area contributed by atoms with Crippen molar-refractivity contribution in [3.8, 4) is 0 Å². The average molecular weight is 460 g/mol. The highest BCUT2D eigenvalue weighted by atomic mass is 28.4. The highest BCUT2D eigenvalue weighted by Crippen LogP contribution is 2.37. The molecule has 5 heteroatoms. The van der Waals surface area contributed by atoms with Crippen molar-refractivity contribution in [1.29, 1.82) is 0 Å². The van der Waals surface area contributed by atoms with Crippen LogP contribution >= 0.6 is 0 Å². The average Bonchev–Trinajstić information content (AvgIpc) is 2.82. The van der Waals surface area contributed by atoms with Gasteiger partial charge in [-0.05, 0) is 22.9 Å². The van der Waals surface area contributed by atoms with Crippen LogP contribution < -0.4 is 10.4 Å². The molecule has 0 aliphatic rings. The van der Waals surface area contributed by atoms with Crippen molar-refractivity contribution in [1.82, 2.24) is 0 Å². The number of oxime groups is 1. The fourth-order valence-corrected chi connectivity index (χ4v) is 8.19. The van der Waals surface area contributed by atoms with E-state index < -0.39 is 8.32 Å². The molecule has 3 aromatic carbocycles. The van der Waals surface area contributed by atoms with Gasteiger partial charge in [0, 0.05) is 11.5 Å². The summed E-state index contributed by atoms with van der Waals surface area (Å²) in [7, 11) is -2.82. The molecule has 0 amide bonds. The number of nitrogens with zero attached hydrogens (tertiary/aromatic N) is 1. The topological polar surface area (TPSA) is 47.9 Å². The van der Waals surface area contributed by atoms with Gasteiger partial charge in [0.2, 0.25) is 0 Å². The van der Waals surface area contributed by atoms with Gasteiger partial charge in [-0.2, -0.15) is 0 Å². The number of hydrogen-bond acceptors (Lipinski definition) is 4. The Morgan fingerprint density at radius 3 is 1.73 bits per heavy atom. The zero-order valence-corrected chi connectivity index (χ0v) is 21.0. The maximum absolute atomic E-state index is 12.1. The summed E-state index contributed by atoms with van der Waals surface area (Å²) in [5.74, 6) is -0.230. The van der Waals surface area contributed by atoms with E-state index in [0.29, 0.717) is 13.0 Å². The molecule has 33 heavy (non-hydrogen) atoms. The molecule has 0 spiro atoms. The third kappa shape index (κ3) is 5.79. The number of hydrogen-bond donors (Lipinski definition) is 0. The lowest BCUT2D eigenvalue weighted by molar-refractivity contribution is -0.142. The molecule has 0 aromatic heterocycles. The lowest BCUT2D eigenvalue weighted by atomic mass is 10.1. The second-order valence-electron chi connectivity index (χ2n) is 8.96. The normalized spacial score (nSPS) is 12.3. The quantitative estimate of drug-likeness (QED) is 0.189. The van der Waals surface area contributed by atoms with Crippen LogP contribution in [0.15, 0.2) is 96.2 Å². The van der Waals surface area contributed by atoms with Crippen LogP contribution in [0, 0.1) is 0 Å². The first-order chi connectivity index (χ1) is 15.9. The largest absolute Gasteiger partial charge is 0.466 e. The molecule has 3 rings (SSSR count). The van der Waals surface area contributed by atoms with Crippen molar-refractivity contribution in [2.45, 2.75) is 45.6 Å². The molecule has 0 fully saturated rings. The Bertz CT molecular complexity index is 1010. The Hall–Kier alpha value is -3.18. The molecule has 0 heterocycles. The van der Waals surface area contributed by atoms with Crippen molar-refractivity contribution in [2.24, 2.45) is 5.16 Å². The Labute approximate surface area is 198 Å². The fraction of sp³-hybridized carbons (Fsp3) is 0.286. The van der Waals surface area contributed by atoms with Crippen LogP contribution in [0.5, 0.6) is 0 Å². The van der Waals surface area contributed by atoms with E-state index in [2.05, 4.69) is 69.3 Å². The van der Waals surface area contributed by atoms with Gasteiger partial charge in [0.05, 0.1) is 18.7 Å². The summed E-state index contributed by atoms with van der Waals surface area (Å²) in [6, 6.07) is 30.7. The van der Waals surface area contributed by atoms with Gasteiger partial charge >= 0.3 is 14.3 Å². The van der Waals surface area contributed by atoms with Gasteiger partial charge in [0.15, 0.2) is 0 Å². The van der Waals surface area contributed by atoms with E-state index >= 15 is 0 Å². The molecule has 0 aliphatic carbocycles. The Morgan fingerprint density at radius 1 is 0.788 bits per heavy atom. The molecule has 0 saturated heterocycles. The summed E-state index contributed by atoms with van der Waals surface area (Å²) in [5, 5.41) is 6.91. The molecular formula is C28H33NO3Si. The number of benzene rings is 3. The van der Waals surface area contributed by atoms with E-state index in [1.807, 2.05) is 49.4 Å². The minimum absolute atomic E-state index is 0.192. The molecule has 3 aromatic rings. The molecular weight excluding hydrogens is 426 g/mol. The van der Waals surface area contributed by atoms with Crippen molar-refractivity contribution in [3.05, 3.63) is 96.6 Å². The third-order valence-electron chi connectivity index (χ3n) is 5.69. The van der Waals surface area contributed by atoms with E-state index in [1.54, 1.807) is 0 Å². The van der Waals surface area contributed by atoms with Gasteiger partial charge in [0.25, 0.3) is 0 Å². The second-order valence-corrected chi connectivity index (χ2v) is 13.2. The first kappa shape index (κ1) is 24.5. The molecule has 0 bridgehead atoms. The van der Waals surface area contributed by atoms with Crippen molar-refractivity contribution in [3.63, 3.8) is 0 Å². The van der Waals surface area contributed by atoms with Crippen LogP contribution in [0.4, 0.5) is 0 Å². The van der Waals surface area contributed by atoms with Crippen molar-refractivity contribution in [2.75, 3.05) is 6.61 Å². The standard InChI is InChI=1S/C28H33NO3Si/c1-5-31-27(30)22-21-26(23-15-9-6-10-16-23)29-32-33(28(2,3)4,24-17-11-7-12-18-24)25-19-13-8-14-20-25/h6-20H,5,21-22H2,1-4H3/b29-26-. The summed E-state index contributed by atoms with van der Waals surface area (Å²) < 4.78 is 11.9. The number of rotatable bonds is 9. The lowest BCUT2D eigenvalue weighted by Crippen LogP contribution is -2.65. The summed E-state index contributed by atoms with van der Waals surface area (Å²) in [4.78, 5) is 12.1. The summed E-state index contributed by atoms with van der Waals surface area (Å²) >= 11 is 0. The van der Waals surface area contributed by atoms with Crippen molar-refractivity contribution < 1.29 is 14.1 Å². The van der Waals surface area contributed by atoms with Crippen LogP contribution in [0.25, 0.3) is 0 Å². The molecule has 0 aliphatic heterocycles. The maximum atomic E-state index is 12.1. The Kier molecular flexibility index (Phi) is 8.23. The van der Waals surface area contributed by atoms with E-state index in [1.165, 1.54) is 0 Å². The number of carbonyl (C=O) groups excluding carboxylic acids is 1. The molecule has 0 radical (unpaired) electrons. The molecule has 0 atom stereocenters.